The van der Waals surface area contributed by atoms with Crippen molar-refractivity contribution < 1.29 is 22.7 Å². The van der Waals surface area contributed by atoms with Crippen LogP contribution in [0.25, 0.3) is 0 Å². The Morgan fingerprint density at radius 3 is 2.43 bits per heavy atom. The van der Waals surface area contributed by atoms with E-state index in [4.69, 9.17) is 4.74 Å². The second-order valence-corrected chi connectivity index (χ2v) is 5.60. The Bertz CT molecular complexity index is 539. The Morgan fingerprint density at radius 1 is 1.38 bits per heavy atom. The van der Waals surface area contributed by atoms with Crippen molar-refractivity contribution in [3.63, 3.8) is 0 Å². The lowest BCUT2D eigenvalue weighted by Gasteiger charge is -2.29. The van der Waals surface area contributed by atoms with Crippen molar-refractivity contribution in [3.8, 4) is 0 Å². The lowest BCUT2D eigenvalue weighted by atomic mass is 10.2. The van der Waals surface area contributed by atoms with E-state index < -0.39 is 17.9 Å². The molecule has 1 saturated heterocycles. The number of morpholine rings is 1. The molecule has 0 spiro atoms. The minimum Gasteiger partial charge on any atom is -0.378 e. The van der Waals surface area contributed by atoms with Gasteiger partial charge in [-0.3, -0.25) is 9.48 Å². The van der Waals surface area contributed by atoms with Gasteiger partial charge in [0.05, 0.1) is 23.4 Å². The summed E-state index contributed by atoms with van der Waals surface area (Å²) in [4.78, 5) is 13.9. The largest absolute Gasteiger partial charge is 0.436 e. The van der Waals surface area contributed by atoms with E-state index in [1.165, 1.54) is 6.92 Å². The summed E-state index contributed by atoms with van der Waals surface area (Å²) in [6, 6.07) is -0.796. The number of aromatic nitrogens is 2. The van der Waals surface area contributed by atoms with Gasteiger partial charge in [0.15, 0.2) is 5.69 Å². The maximum atomic E-state index is 12.8. The number of ether oxygens (including phenoxy) is 1. The third kappa shape index (κ3) is 3.23. The number of alkyl halides is 3. The molecule has 1 aromatic rings. The molecule has 1 amide bonds. The smallest absolute Gasteiger partial charge is 0.378 e. The molecule has 2 heterocycles. The molecule has 1 unspecified atom stereocenters. The zero-order chi connectivity index (χ0) is 15.8. The molecular weight excluding hydrogens is 355 g/mol. The first-order valence-corrected chi connectivity index (χ1v) is 7.21. The predicted octanol–water partition coefficient (Wildman–Crippen LogP) is 2.39. The van der Waals surface area contributed by atoms with Gasteiger partial charge in [0.1, 0.15) is 6.04 Å². The molecule has 1 aliphatic heterocycles. The fraction of sp³-hybridized carbons (Fsp3) is 0.667. The molecule has 1 aromatic heterocycles. The molecule has 5 nitrogen and oxygen atoms in total. The Morgan fingerprint density at radius 2 is 1.95 bits per heavy atom. The zero-order valence-corrected chi connectivity index (χ0v) is 13.2. The van der Waals surface area contributed by atoms with Gasteiger partial charge in [-0.1, -0.05) is 0 Å². The highest BCUT2D eigenvalue weighted by atomic mass is 79.9. The molecule has 0 bridgehead atoms. The van der Waals surface area contributed by atoms with Gasteiger partial charge >= 0.3 is 6.18 Å². The van der Waals surface area contributed by atoms with Crippen molar-refractivity contribution in [2.24, 2.45) is 0 Å². The second kappa shape index (κ2) is 5.96. The minimum atomic E-state index is -4.56. The first-order chi connectivity index (χ1) is 9.73. The van der Waals surface area contributed by atoms with Gasteiger partial charge in [-0.15, -0.1) is 0 Å². The summed E-state index contributed by atoms with van der Waals surface area (Å²) >= 11 is 2.90. The third-order valence-corrected chi connectivity index (χ3v) is 4.34. The van der Waals surface area contributed by atoms with Gasteiger partial charge in [-0.05, 0) is 29.8 Å². The molecule has 0 aliphatic carbocycles. The zero-order valence-electron chi connectivity index (χ0n) is 11.6. The topological polar surface area (TPSA) is 47.4 Å². The molecule has 1 aliphatic rings. The van der Waals surface area contributed by atoms with Crippen LogP contribution in [0.3, 0.4) is 0 Å². The van der Waals surface area contributed by atoms with E-state index >= 15 is 0 Å². The molecule has 21 heavy (non-hydrogen) atoms. The number of carbonyl (C=O) groups is 1. The van der Waals surface area contributed by atoms with Crippen LogP contribution in [0.1, 0.15) is 24.4 Å². The number of amides is 1. The molecule has 0 radical (unpaired) electrons. The van der Waals surface area contributed by atoms with Crippen LogP contribution in [0.5, 0.6) is 0 Å². The van der Waals surface area contributed by atoms with E-state index in [-0.39, 0.29) is 16.1 Å². The highest BCUT2D eigenvalue weighted by Gasteiger charge is 2.39. The normalized spacial score (nSPS) is 17.9. The summed E-state index contributed by atoms with van der Waals surface area (Å²) in [6.07, 6.45) is -4.56. The van der Waals surface area contributed by atoms with Crippen molar-refractivity contribution in [3.05, 3.63) is 15.9 Å². The van der Waals surface area contributed by atoms with E-state index in [2.05, 4.69) is 21.0 Å². The third-order valence-electron chi connectivity index (χ3n) is 3.39. The standard InChI is InChI=1S/C12H15BrF3N3O2/c1-7-9(13)10(12(14,15)16)17-19(7)8(2)11(20)18-3-5-21-6-4-18/h8H,3-6H2,1-2H3. The Hall–Kier alpha value is -1.09. The molecule has 0 aromatic carbocycles. The Labute approximate surface area is 128 Å². The van der Waals surface area contributed by atoms with E-state index in [9.17, 15) is 18.0 Å². The van der Waals surface area contributed by atoms with Crippen LogP contribution in [-0.4, -0.2) is 46.9 Å². The maximum absolute atomic E-state index is 12.8. The lowest BCUT2D eigenvalue weighted by molar-refractivity contribution is -0.143. The number of hydrogen-bond donors (Lipinski definition) is 0. The average molecular weight is 370 g/mol. The summed E-state index contributed by atoms with van der Waals surface area (Å²) in [5.41, 5.74) is -0.738. The van der Waals surface area contributed by atoms with Crippen LogP contribution >= 0.6 is 15.9 Å². The minimum absolute atomic E-state index is 0.128. The molecule has 1 atom stereocenters. The van der Waals surface area contributed by atoms with Crippen LogP contribution < -0.4 is 0 Å². The fourth-order valence-electron chi connectivity index (χ4n) is 2.21. The number of carbonyl (C=O) groups excluding carboxylic acids is 1. The average Bonchev–Trinajstić information content (AvgIpc) is 2.74. The Kier molecular flexibility index (Phi) is 4.62. The molecule has 0 saturated carbocycles. The van der Waals surface area contributed by atoms with Crippen molar-refractivity contribution in [2.45, 2.75) is 26.1 Å². The summed E-state index contributed by atoms with van der Waals surface area (Å²) in [6.45, 7) is 4.80. The SMILES string of the molecule is Cc1c(Br)c(C(F)(F)F)nn1C(C)C(=O)N1CCOCC1. The van der Waals surface area contributed by atoms with Crippen LogP contribution in [-0.2, 0) is 15.7 Å². The molecule has 0 N–H and O–H groups in total. The van der Waals surface area contributed by atoms with Crippen LogP contribution in [0, 0.1) is 6.92 Å². The van der Waals surface area contributed by atoms with Gasteiger partial charge < -0.3 is 9.64 Å². The number of halogens is 4. The van der Waals surface area contributed by atoms with E-state index in [0.29, 0.717) is 26.3 Å². The molecule has 1 fully saturated rings. The van der Waals surface area contributed by atoms with Gasteiger partial charge in [0.25, 0.3) is 0 Å². The molecule has 9 heteroatoms. The first-order valence-electron chi connectivity index (χ1n) is 6.41. The van der Waals surface area contributed by atoms with Crippen molar-refractivity contribution in [1.82, 2.24) is 14.7 Å². The molecule has 118 valence electrons. The first kappa shape index (κ1) is 16.3. The van der Waals surface area contributed by atoms with E-state index in [0.717, 1.165) is 4.68 Å². The van der Waals surface area contributed by atoms with Crippen LogP contribution in [0.15, 0.2) is 4.47 Å². The predicted molar refractivity (Wildman–Crippen MR) is 71.8 cm³/mol. The monoisotopic (exact) mass is 369 g/mol. The van der Waals surface area contributed by atoms with Crippen molar-refractivity contribution >= 4 is 21.8 Å². The quantitative estimate of drug-likeness (QED) is 0.803. The number of hydrogen-bond acceptors (Lipinski definition) is 3. The van der Waals surface area contributed by atoms with Crippen LogP contribution in [0.4, 0.5) is 13.2 Å². The number of nitrogens with zero attached hydrogens (tertiary/aromatic N) is 3. The van der Waals surface area contributed by atoms with Gasteiger partial charge in [0.2, 0.25) is 5.91 Å². The van der Waals surface area contributed by atoms with Gasteiger partial charge in [-0.2, -0.15) is 18.3 Å². The molecular formula is C12H15BrF3N3O2. The highest BCUT2D eigenvalue weighted by Crippen LogP contribution is 2.36. The number of rotatable bonds is 2. The Balaban J connectivity index is 2.27. The maximum Gasteiger partial charge on any atom is 0.436 e. The summed E-state index contributed by atoms with van der Waals surface area (Å²) in [7, 11) is 0. The fourth-order valence-corrected chi connectivity index (χ4v) is 2.70. The summed E-state index contributed by atoms with van der Waals surface area (Å²) < 4.78 is 44.7. The highest BCUT2D eigenvalue weighted by molar-refractivity contribution is 9.10. The molecule has 2 rings (SSSR count). The van der Waals surface area contributed by atoms with Gasteiger partial charge in [-0.25, -0.2) is 0 Å². The van der Waals surface area contributed by atoms with Gasteiger partial charge in [0, 0.05) is 13.1 Å². The van der Waals surface area contributed by atoms with E-state index in [1.54, 1.807) is 11.8 Å². The second-order valence-electron chi connectivity index (χ2n) is 4.80. The lowest BCUT2D eigenvalue weighted by Crippen LogP contribution is -2.44. The van der Waals surface area contributed by atoms with Crippen LogP contribution in [0.2, 0.25) is 0 Å². The summed E-state index contributed by atoms with van der Waals surface area (Å²) in [5.74, 6) is -0.259. The van der Waals surface area contributed by atoms with Crippen molar-refractivity contribution in [1.29, 1.82) is 0 Å². The summed E-state index contributed by atoms with van der Waals surface area (Å²) in [5, 5.41) is 3.56. The van der Waals surface area contributed by atoms with Crippen molar-refractivity contribution in [2.75, 3.05) is 26.3 Å². The van der Waals surface area contributed by atoms with E-state index in [1.807, 2.05) is 0 Å².